The largest absolute Gasteiger partial charge is 0.488 e. The minimum Gasteiger partial charge on any atom is -0.488 e. The van der Waals surface area contributed by atoms with Crippen molar-refractivity contribution in [3.8, 4) is 5.75 Å². The second kappa shape index (κ2) is 6.11. The molecule has 1 rings (SSSR count). The fourth-order valence-corrected chi connectivity index (χ4v) is 2.40. The van der Waals surface area contributed by atoms with Crippen LogP contribution in [0.4, 0.5) is 0 Å². The second-order valence-corrected chi connectivity index (χ2v) is 7.40. The van der Waals surface area contributed by atoms with Crippen molar-refractivity contribution in [2.24, 2.45) is 5.14 Å². The van der Waals surface area contributed by atoms with Crippen molar-refractivity contribution in [3.05, 3.63) is 23.8 Å². The topological polar surface area (TPSA) is 78.6 Å². The average molecular weight is 301 g/mol. The summed E-state index contributed by atoms with van der Waals surface area (Å²) in [7, 11) is -2.12. The number of rotatable bonds is 5. The van der Waals surface area contributed by atoms with Crippen LogP contribution in [-0.2, 0) is 20.2 Å². The standard InChI is InChI=1S/C14H23NO4S/c1-10(9-18-5)19-13-7-6-11(20(15,16)17)8-12(13)14(2,3)4/h6-8,10H,9H2,1-5H3,(H2,15,16,17). The third kappa shape index (κ3) is 4.47. The molecule has 20 heavy (non-hydrogen) atoms. The van der Waals surface area contributed by atoms with Gasteiger partial charge in [0.05, 0.1) is 11.5 Å². The molecule has 0 bridgehead atoms. The van der Waals surface area contributed by atoms with Gasteiger partial charge in [0.25, 0.3) is 0 Å². The summed E-state index contributed by atoms with van der Waals surface area (Å²) in [6.45, 7) is 8.32. The zero-order valence-electron chi connectivity index (χ0n) is 12.6. The van der Waals surface area contributed by atoms with Gasteiger partial charge in [0.15, 0.2) is 0 Å². The van der Waals surface area contributed by atoms with E-state index in [-0.39, 0.29) is 16.4 Å². The van der Waals surface area contributed by atoms with Crippen molar-refractivity contribution in [1.29, 1.82) is 0 Å². The van der Waals surface area contributed by atoms with E-state index in [1.807, 2.05) is 27.7 Å². The lowest BCUT2D eigenvalue weighted by Gasteiger charge is -2.25. The molecular formula is C14H23NO4S. The van der Waals surface area contributed by atoms with Crippen molar-refractivity contribution in [2.45, 2.75) is 44.1 Å². The number of hydrogen-bond donors (Lipinski definition) is 1. The highest BCUT2D eigenvalue weighted by atomic mass is 32.2. The summed E-state index contributed by atoms with van der Waals surface area (Å²) in [5.41, 5.74) is 0.537. The van der Waals surface area contributed by atoms with Gasteiger partial charge in [-0.3, -0.25) is 0 Å². The molecule has 0 spiro atoms. The maximum absolute atomic E-state index is 11.5. The van der Waals surface area contributed by atoms with Crippen LogP contribution in [0.2, 0.25) is 0 Å². The zero-order chi connectivity index (χ0) is 15.6. The Morgan fingerprint density at radius 2 is 1.90 bits per heavy atom. The molecule has 0 saturated carbocycles. The SMILES string of the molecule is COCC(C)Oc1ccc(S(N)(=O)=O)cc1C(C)(C)C. The molecule has 5 nitrogen and oxygen atoms in total. The Balaban J connectivity index is 3.25. The van der Waals surface area contributed by atoms with Crippen LogP contribution in [0.3, 0.4) is 0 Å². The molecule has 0 heterocycles. The summed E-state index contributed by atoms with van der Waals surface area (Å²) < 4.78 is 33.8. The van der Waals surface area contributed by atoms with E-state index in [0.717, 1.165) is 5.56 Å². The van der Waals surface area contributed by atoms with Gasteiger partial charge in [-0.2, -0.15) is 0 Å². The Kier molecular flexibility index (Phi) is 5.18. The number of sulfonamides is 1. The van der Waals surface area contributed by atoms with E-state index in [0.29, 0.717) is 12.4 Å². The normalized spacial score (nSPS) is 14.1. The molecule has 0 saturated heterocycles. The average Bonchev–Trinajstić information content (AvgIpc) is 2.26. The van der Waals surface area contributed by atoms with Crippen molar-refractivity contribution in [1.82, 2.24) is 0 Å². The number of benzene rings is 1. The number of methoxy groups -OCH3 is 1. The summed E-state index contributed by atoms with van der Waals surface area (Å²) in [6, 6.07) is 4.68. The van der Waals surface area contributed by atoms with E-state index in [1.165, 1.54) is 6.07 Å². The van der Waals surface area contributed by atoms with Crippen LogP contribution < -0.4 is 9.88 Å². The molecule has 1 atom stereocenters. The highest BCUT2D eigenvalue weighted by molar-refractivity contribution is 7.89. The summed E-state index contributed by atoms with van der Waals surface area (Å²) >= 11 is 0. The van der Waals surface area contributed by atoms with Gasteiger partial charge in [0, 0.05) is 12.7 Å². The molecule has 0 amide bonds. The molecule has 0 aromatic heterocycles. The van der Waals surface area contributed by atoms with Crippen LogP contribution in [0.1, 0.15) is 33.3 Å². The Hall–Kier alpha value is -1.11. The second-order valence-electron chi connectivity index (χ2n) is 5.84. The van der Waals surface area contributed by atoms with E-state index in [1.54, 1.807) is 19.2 Å². The van der Waals surface area contributed by atoms with Gasteiger partial charge >= 0.3 is 0 Å². The molecule has 0 aliphatic carbocycles. The maximum Gasteiger partial charge on any atom is 0.238 e. The van der Waals surface area contributed by atoms with E-state index < -0.39 is 10.0 Å². The lowest BCUT2D eigenvalue weighted by atomic mass is 9.86. The van der Waals surface area contributed by atoms with Gasteiger partial charge in [-0.05, 0) is 30.5 Å². The van der Waals surface area contributed by atoms with Crippen molar-refractivity contribution in [2.75, 3.05) is 13.7 Å². The molecule has 0 aliphatic rings. The fraction of sp³-hybridized carbons (Fsp3) is 0.571. The van der Waals surface area contributed by atoms with Gasteiger partial charge in [0.2, 0.25) is 10.0 Å². The van der Waals surface area contributed by atoms with E-state index in [4.69, 9.17) is 14.6 Å². The molecule has 1 aromatic carbocycles. The lowest BCUT2D eigenvalue weighted by Crippen LogP contribution is -2.22. The third-order valence-electron chi connectivity index (χ3n) is 2.82. The molecular weight excluding hydrogens is 278 g/mol. The van der Waals surface area contributed by atoms with Crippen molar-refractivity contribution in [3.63, 3.8) is 0 Å². The smallest absolute Gasteiger partial charge is 0.238 e. The molecule has 1 aromatic rings. The van der Waals surface area contributed by atoms with Gasteiger partial charge in [-0.15, -0.1) is 0 Å². The van der Waals surface area contributed by atoms with Gasteiger partial charge in [-0.25, -0.2) is 13.6 Å². The number of ether oxygens (including phenoxy) is 2. The predicted octanol–water partition coefficient (Wildman–Crippen LogP) is 2.05. The molecule has 2 N–H and O–H groups in total. The van der Waals surface area contributed by atoms with Gasteiger partial charge < -0.3 is 9.47 Å². The van der Waals surface area contributed by atoms with Crippen LogP contribution in [0.25, 0.3) is 0 Å². The molecule has 0 aliphatic heterocycles. The third-order valence-corrected chi connectivity index (χ3v) is 3.73. The van der Waals surface area contributed by atoms with E-state index in [9.17, 15) is 8.42 Å². The minimum atomic E-state index is -3.72. The molecule has 6 heteroatoms. The monoisotopic (exact) mass is 301 g/mol. The molecule has 0 fully saturated rings. The Morgan fingerprint density at radius 3 is 2.35 bits per heavy atom. The quantitative estimate of drug-likeness (QED) is 0.902. The lowest BCUT2D eigenvalue weighted by molar-refractivity contribution is 0.0907. The highest BCUT2D eigenvalue weighted by Crippen LogP contribution is 2.33. The Morgan fingerprint density at radius 1 is 1.30 bits per heavy atom. The first-order chi connectivity index (χ1) is 9.05. The number of hydrogen-bond acceptors (Lipinski definition) is 4. The maximum atomic E-state index is 11.5. The van der Waals surface area contributed by atoms with Crippen LogP contribution in [-0.4, -0.2) is 28.2 Å². The Bertz CT molecular complexity index is 561. The number of primary sulfonamides is 1. The first-order valence-corrected chi connectivity index (χ1v) is 7.93. The van der Waals surface area contributed by atoms with Crippen LogP contribution in [0, 0.1) is 0 Å². The minimum absolute atomic E-state index is 0.0918. The summed E-state index contributed by atoms with van der Waals surface area (Å²) in [6.07, 6.45) is -0.124. The summed E-state index contributed by atoms with van der Waals surface area (Å²) in [4.78, 5) is 0.0918. The first-order valence-electron chi connectivity index (χ1n) is 6.38. The fourth-order valence-electron chi connectivity index (χ4n) is 1.86. The van der Waals surface area contributed by atoms with E-state index in [2.05, 4.69) is 0 Å². The van der Waals surface area contributed by atoms with Gasteiger partial charge in [0.1, 0.15) is 11.9 Å². The van der Waals surface area contributed by atoms with E-state index >= 15 is 0 Å². The summed E-state index contributed by atoms with van der Waals surface area (Å²) in [5, 5.41) is 5.18. The molecule has 1 unspecified atom stereocenters. The van der Waals surface area contributed by atoms with Crippen molar-refractivity contribution >= 4 is 10.0 Å². The Labute approximate surface area is 121 Å². The van der Waals surface area contributed by atoms with Crippen molar-refractivity contribution < 1.29 is 17.9 Å². The molecule has 0 radical (unpaired) electrons. The van der Waals surface area contributed by atoms with Crippen LogP contribution in [0.5, 0.6) is 5.75 Å². The number of nitrogens with two attached hydrogens (primary N) is 1. The van der Waals surface area contributed by atoms with Gasteiger partial charge in [-0.1, -0.05) is 20.8 Å². The van der Waals surface area contributed by atoms with Crippen LogP contribution >= 0.6 is 0 Å². The molecule has 114 valence electrons. The predicted molar refractivity (Wildman–Crippen MR) is 78.5 cm³/mol. The zero-order valence-corrected chi connectivity index (χ0v) is 13.5. The van der Waals surface area contributed by atoms with Crippen LogP contribution in [0.15, 0.2) is 23.1 Å². The first kappa shape index (κ1) is 16.9. The highest BCUT2D eigenvalue weighted by Gasteiger charge is 2.23. The summed E-state index contributed by atoms with van der Waals surface area (Å²) in [5.74, 6) is 0.648.